The van der Waals surface area contributed by atoms with E-state index in [0.717, 1.165) is 14.4 Å². The molecule has 1 amide bonds. The monoisotopic (exact) mass is 378 g/mol. The minimum atomic E-state index is -0.104. The molecule has 5 nitrogen and oxygen atoms in total. The highest BCUT2D eigenvalue weighted by Crippen LogP contribution is 2.29. The lowest BCUT2D eigenvalue weighted by atomic mass is 10.2. The second-order valence-electron chi connectivity index (χ2n) is 4.84. The zero-order valence-electron chi connectivity index (χ0n) is 13.3. The van der Waals surface area contributed by atoms with Crippen LogP contribution in [0.15, 0.2) is 32.9 Å². The van der Waals surface area contributed by atoms with Crippen molar-refractivity contribution in [2.24, 2.45) is 0 Å². The number of benzene rings is 1. The molecule has 0 aliphatic heterocycles. The van der Waals surface area contributed by atoms with E-state index in [1.165, 1.54) is 24.6 Å². The summed E-state index contributed by atoms with van der Waals surface area (Å²) in [7, 11) is 0. The summed E-state index contributed by atoms with van der Waals surface area (Å²) in [5.41, 5.74) is 1.02. The van der Waals surface area contributed by atoms with Gasteiger partial charge in [-0.1, -0.05) is 60.3 Å². The van der Waals surface area contributed by atoms with Gasteiger partial charge in [-0.2, -0.15) is 5.26 Å². The summed E-state index contributed by atoms with van der Waals surface area (Å²) in [5, 5.41) is 20.1. The molecule has 0 atom stereocenters. The summed E-state index contributed by atoms with van der Waals surface area (Å²) < 4.78 is 1.87. The van der Waals surface area contributed by atoms with Crippen LogP contribution >= 0.6 is 34.9 Å². The van der Waals surface area contributed by atoms with Gasteiger partial charge in [0.1, 0.15) is 6.07 Å². The molecule has 1 aromatic carbocycles. The van der Waals surface area contributed by atoms with Crippen LogP contribution in [0.4, 0.5) is 5.69 Å². The largest absolute Gasteiger partial charge is 0.325 e. The van der Waals surface area contributed by atoms with Crippen molar-refractivity contribution in [1.82, 2.24) is 10.2 Å². The highest BCUT2D eigenvalue weighted by atomic mass is 32.2. The molecular formula is C16H18N4OS3. The SMILES string of the molecule is CCCCSc1nnc(SCCC(=O)Nc2ccccc2C#N)s1. The number of nitrogens with zero attached hydrogens (tertiary/aromatic N) is 3. The molecule has 2 rings (SSSR count). The summed E-state index contributed by atoms with van der Waals surface area (Å²) in [6, 6.07) is 9.05. The van der Waals surface area contributed by atoms with E-state index >= 15 is 0 Å². The third-order valence-electron chi connectivity index (χ3n) is 2.99. The molecule has 0 spiro atoms. The fourth-order valence-electron chi connectivity index (χ4n) is 1.75. The first-order valence-corrected chi connectivity index (χ1v) is 10.4. The Morgan fingerprint density at radius 2 is 1.96 bits per heavy atom. The van der Waals surface area contributed by atoms with Crippen molar-refractivity contribution in [3.05, 3.63) is 29.8 Å². The summed E-state index contributed by atoms with van der Waals surface area (Å²) >= 11 is 4.84. The van der Waals surface area contributed by atoms with Gasteiger partial charge in [0.05, 0.1) is 11.3 Å². The Morgan fingerprint density at radius 1 is 1.25 bits per heavy atom. The zero-order valence-corrected chi connectivity index (χ0v) is 15.8. The Kier molecular flexibility index (Phi) is 8.08. The maximum atomic E-state index is 12.0. The number of anilines is 1. The number of amides is 1. The molecule has 126 valence electrons. The molecule has 1 aromatic heterocycles. The van der Waals surface area contributed by atoms with Crippen LogP contribution in [0.1, 0.15) is 31.7 Å². The molecule has 2 aromatic rings. The van der Waals surface area contributed by atoms with Gasteiger partial charge in [-0.05, 0) is 18.6 Å². The van der Waals surface area contributed by atoms with E-state index in [1.54, 1.807) is 47.4 Å². The van der Waals surface area contributed by atoms with E-state index in [9.17, 15) is 4.79 Å². The average molecular weight is 379 g/mol. The van der Waals surface area contributed by atoms with Crippen LogP contribution in [0.3, 0.4) is 0 Å². The molecule has 0 aliphatic rings. The summed E-state index contributed by atoms with van der Waals surface area (Å²) in [5.74, 6) is 1.60. The van der Waals surface area contributed by atoms with Gasteiger partial charge in [0.15, 0.2) is 8.68 Å². The molecule has 1 N–H and O–H groups in total. The molecule has 8 heteroatoms. The van der Waals surface area contributed by atoms with Gasteiger partial charge in [-0.3, -0.25) is 4.79 Å². The number of aromatic nitrogens is 2. The lowest BCUT2D eigenvalue weighted by Gasteiger charge is -2.05. The van der Waals surface area contributed by atoms with Crippen LogP contribution in [0, 0.1) is 11.3 Å². The number of thioether (sulfide) groups is 2. The fraction of sp³-hybridized carbons (Fsp3) is 0.375. The van der Waals surface area contributed by atoms with Crippen LogP contribution in [-0.4, -0.2) is 27.6 Å². The molecule has 1 heterocycles. The number of rotatable bonds is 9. The Morgan fingerprint density at radius 3 is 2.67 bits per heavy atom. The number of nitrogens with one attached hydrogen (secondary N) is 1. The van der Waals surface area contributed by atoms with E-state index in [1.807, 2.05) is 0 Å². The Labute approximate surface area is 154 Å². The molecule has 0 radical (unpaired) electrons. The quantitative estimate of drug-likeness (QED) is 0.514. The fourth-order valence-corrected chi connectivity index (χ4v) is 4.93. The first-order valence-electron chi connectivity index (χ1n) is 7.61. The van der Waals surface area contributed by atoms with Crippen LogP contribution < -0.4 is 5.32 Å². The predicted molar refractivity (Wildman–Crippen MR) is 101 cm³/mol. The average Bonchev–Trinajstić information content (AvgIpc) is 3.03. The predicted octanol–water partition coefficient (Wildman–Crippen LogP) is 4.42. The molecule has 0 fully saturated rings. The Balaban J connectivity index is 1.74. The number of hydrogen-bond acceptors (Lipinski definition) is 7. The maximum Gasteiger partial charge on any atom is 0.225 e. The van der Waals surface area contributed by atoms with E-state index < -0.39 is 0 Å². The van der Waals surface area contributed by atoms with Crippen LogP contribution in [-0.2, 0) is 4.79 Å². The van der Waals surface area contributed by atoms with Crippen molar-refractivity contribution >= 4 is 46.5 Å². The van der Waals surface area contributed by atoms with E-state index in [0.29, 0.717) is 23.4 Å². The maximum absolute atomic E-state index is 12.0. The second-order valence-corrected chi connectivity index (χ2v) is 8.50. The number of nitriles is 1. The molecule has 24 heavy (non-hydrogen) atoms. The first-order chi connectivity index (χ1) is 11.7. The van der Waals surface area contributed by atoms with E-state index in [2.05, 4.69) is 28.5 Å². The number of unbranched alkanes of at least 4 members (excludes halogenated alkanes) is 1. The Bertz CT molecular complexity index is 711. The number of para-hydroxylation sites is 1. The standard InChI is InChI=1S/C16H18N4OS3/c1-2-3-9-22-15-19-20-16(24-15)23-10-8-14(21)18-13-7-5-4-6-12(13)11-17/h4-7H,2-3,8-10H2,1H3,(H,18,21). The Hall–Kier alpha value is -1.56. The number of carbonyl (C=O) groups excluding carboxylic acids is 1. The molecular weight excluding hydrogens is 360 g/mol. The summed E-state index contributed by atoms with van der Waals surface area (Å²) in [4.78, 5) is 12.0. The van der Waals surface area contributed by atoms with Gasteiger partial charge in [0.2, 0.25) is 5.91 Å². The van der Waals surface area contributed by atoms with Crippen molar-refractivity contribution in [1.29, 1.82) is 5.26 Å². The topological polar surface area (TPSA) is 78.7 Å². The van der Waals surface area contributed by atoms with Crippen molar-refractivity contribution in [3.63, 3.8) is 0 Å². The number of carbonyl (C=O) groups is 1. The van der Waals surface area contributed by atoms with Crippen LogP contribution in [0.25, 0.3) is 0 Å². The van der Waals surface area contributed by atoms with Gasteiger partial charge >= 0.3 is 0 Å². The minimum Gasteiger partial charge on any atom is -0.325 e. The van der Waals surface area contributed by atoms with Gasteiger partial charge in [-0.25, -0.2) is 0 Å². The minimum absolute atomic E-state index is 0.104. The van der Waals surface area contributed by atoms with Crippen molar-refractivity contribution in [3.8, 4) is 6.07 Å². The third-order valence-corrected chi connectivity index (χ3v) is 6.27. The molecule has 0 bridgehead atoms. The normalized spacial score (nSPS) is 10.3. The first kappa shape index (κ1) is 18.8. The van der Waals surface area contributed by atoms with Crippen LogP contribution in [0.5, 0.6) is 0 Å². The molecule has 0 unspecified atom stereocenters. The number of hydrogen-bond donors (Lipinski definition) is 1. The third kappa shape index (κ3) is 6.15. The van der Waals surface area contributed by atoms with Crippen molar-refractivity contribution in [2.45, 2.75) is 34.9 Å². The zero-order chi connectivity index (χ0) is 17.2. The molecule has 0 saturated heterocycles. The van der Waals surface area contributed by atoms with Gasteiger partial charge in [-0.15, -0.1) is 10.2 Å². The molecule has 0 aliphatic carbocycles. The lowest BCUT2D eigenvalue weighted by Crippen LogP contribution is -2.13. The van der Waals surface area contributed by atoms with Gasteiger partial charge in [0.25, 0.3) is 0 Å². The highest BCUT2D eigenvalue weighted by Gasteiger charge is 2.09. The van der Waals surface area contributed by atoms with Crippen molar-refractivity contribution < 1.29 is 4.79 Å². The smallest absolute Gasteiger partial charge is 0.225 e. The van der Waals surface area contributed by atoms with Crippen molar-refractivity contribution in [2.75, 3.05) is 16.8 Å². The van der Waals surface area contributed by atoms with Gasteiger partial charge in [0, 0.05) is 17.9 Å². The van der Waals surface area contributed by atoms with Crippen LogP contribution in [0.2, 0.25) is 0 Å². The van der Waals surface area contributed by atoms with Gasteiger partial charge < -0.3 is 5.32 Å². The van der Waals surface area contributed by atoms with E-state index in [4.69, 9.17) is 5.26 Å². The summed E-state index contributed by atoms with van der Waals surface area (Å²) in [6.45, 7) is 2.17. The summed E-state index contributed by atoms with van der Waals surface area (Å²) in [6.07, 6.45) is 2.72. The lowest BCUT2D eigenvalue weighted by molar-refractivity contribution is -0.115. The highest BCUT2D eigenvalue weighted by molar-refractivity contribution is 8.03. The van der Waals surface area contributed by atoms with E-state index in [-0.39, 0.29) is 5.91 Å². The molecule has 0 saturated carbocycles. The second kappa shape index (κ2) is 10.3.